The molecule has 0 radical (unpaired) electrons. The second-order valence-electron chi connectivity index (χ2n) is 5.61. The first-order chi connectivity index (χ1) is 8.40. The molecule has 2 aliphatic heterocycles. The summed E-state index contributed by atoms with van der Waals surface area (Å²) in [7, 11) is 0. The van der Waals surface area contributed by atoms with Gasteiger partial charge < -0.3 is 10.2 Å². The van der Waals surface area contributed by atoms with E-state index < -0.39 is 0 Å². The van der Waals surface area contributed by atoms with Gasteiger partial charge in [-0.05, 0) is 76.1 Å². The van der Waals surface area contributed by atoms with Crippen molar-refractivity contribution < 1.29 is 0 Å². The van der Waals surface area contributed by atoms with E-state index in [4.69, 9.17) is 0 Å². The van der Waals surface area contributed by atoms with Crippen LogP contribution in [0.2, 0.25) is 0 Å². The van der Waals surface area contributed by atoms with Gasteiger partial charge in [0.15, 0.2) is 0 Å². The Balaban J connectivity index is 1.65. The predicted octanol–water partition coefficient (Wildman–Crippen LogP) is 2.59. The first-order valence-electron chi connectivity index (χ1n) is 7.35. The lowest BCUT2D eigenvalue weighted by Gasteiger charge is -2.35. The van der Waals surface area contributed by atoms with E-state index in [0.29, 0.717) is 0 Å². The monoisotopic (exact) mass is 256 g/mol. The molecule has 2 saturated heterocycles. The van der Waals surface area contributed by atoms with Crippen LogP contribution >= 0.6 is 11.8 Å². The number of nitrogens with one attached hydrogen (secondary N) is 1. The molecule has 0 aromatic rings. The maximum Gasteiger partial charge on any atom is 0.0108 e. The Kier molecular flexibility index (Phi) is 6.16. The van der Waals surface area contributed by atoms with Gasteiger partial charge in [-0.1, -0.05) is 0 Å². The smallest absolute Gasteiger partial charge is 0.0108 e. The number of hydrogen-bond donors (Lipinski definition) is 1. The zero-order chi connectivity index (χ0) is 11.9. The van der Waals surface area contributed by atoms with Gasteiger partial charge in [0.1, 0.15) is 0 Å². The van der Waals surface area contributed by atoms with Crippen molar-refractivity contribution >= 4 is 11.8 Å². The summed E-state index contributed by atoms with van der Waals surface area (Å²) in [5.74, 6) is 2.27. The van der Waals surface area contributed by atoms with Crippen molar-refractivity contribution in [1.82, 2.24) is 10.2 Å². The largest absolute Gasteiger partial charge is 0.314 e. The molecule has 2 unspecified atom stereocenters. The van der Waals surface area contributed by atoms with Crippen molar-refractivity contribution in [2.75, 3.05) is 38.2 Å². The van der Waals surface area contributed by atoms with Gasteiger partial charge in [0.25, 0.3) is 0 Å². The number of rotatable bonds is 6. The Morgan fingerprint density at radius 3 is 2.94 bits per heavy atom. The Morgan fingerprint density at radius 2 is 2.18 bits per heavy atom. The van der Waals surface area contributed by atoms with Gasteiger partial charge in [0.05, 0.1) is 0 Å². The van der Waals surface area contributed by atoms with Gasteiger partial charge in [-0.3, -0.25) is 0 Å². The number of unbranched alkanes of at least 4 members (excludes halogenated alkanes) is 1. The van der Waals surface area contributed by atoms with E-state index >= 15 is 0 Å². The fourth-order valence-electron chi connectivity index (χ4n) is 3.32. The lowest BCUT2D eigenvalue weighted by molar-refractivity contribution is 0.150. The fraction of sp³-hybridized carbons (Fsp3) is 1.00. The van der Waals surface area contributed by atoms with E-state index in [0.717, 1.165) is 12.0 Å². The van der Waals surface area contributed by atoms with Gasteiger partial charge in [-0.2, -0.15) is 11.8 Å². The van der Waals surface area contributed by atoms with Crippen LogP contribution in [0.4, 0.5) is 0 Å². The Labute approximate surface area is 111 Å². The average Bonchev–Trinajstić information content (AvgIpc) is 2.89. The lowest BCUT2D eigenvalue weighted by Crippen LogP contribution is -2.43. The molecule has 2 heterocycles. The molecule has 3 heteroatoms. The number of thioether (sulfide) groups is 1. The van der Waals surface area contributed by atoms with E-state index in [9.17, 15) is 0 Å². The molecule has 0 spiro atoms. The molecular weight excluding hydrogens is 228 g/mol. The predicted molar refractivity (Wildman–Crippen MR) is 77.8 cm³/mol. The zero-order valence-corrected chi connectivity index (χ0v) is 12.1. The van der Waals surface area contributed by atoms with E-state index in [2.05, 4.69) is 16.5 Å². The van der Waals surface area contributed by atoms with Gasteiger partial charge >= 0.3 is 0 Å². The number of hydrogen-bond acceptors (Lipinski definition) is 3. The van der Waals surface area contributed by atoms with Crippen LogP contribution in [0.25, 0.3) is 0 Å². The molecule has 2 atom stereocenters. The van der Waals surface area contributed by atoms with Crippen molar-refractivity contribution in [2.24, 2.45) is 5.92 Å². The molecule has 2 nitrogen and oxygen atoms in total. The van der Waals surface area contributed by atoms with Crippen molar-refractivity contribution in [2.45, 2.75) is 44.6 Å². The fourth-order valence-corrected chi connectivity index (χ4v) is 3.81. The van der Waals surface area contributed by atoms with Crippen LogP contribution in [-0.2, 0) is 0 Å². The summed E-state index contributed by atoms with van der Waals surface area (Å²) >= 11 is 1.98. The molecular formula is C14H28N2S. The minimum Gasteiger partial charge on any atom is -0.314 e. The molecule has 17 heavy (non-hydrogen) atoms. The summed E-state index contributed by atoms with van der Waals surface area (Å²) < 4.78 is 0. The maximum absolute atomic E-state index is 3.69. The number of likely N-dealkylation sites (tertiary alicyclic amines) is 1. The number of nitrogens with zero attached hydrogens (tertiary/aromatic N) is 1. The Hall–Kier alpha value is 0.270. The molecule has 0 amide bonds. The quantitative estimate of drug-likeness (QED) is 0.736. The summed E-state index contributed by atoms with van der Waals surface area (Å²) in [5.41, 5.74) is 0. The van der Waals surface area contributed by atoms with Crippen molar-refractivity contribution in [3.63, 3.8) is 0 Å². The third-order valence-corrected chi connectivity index (χ3v) is 4.98. The third kappa shape index (κ3) is 4.46. The molecule has 2 aliphatic rings. The molecule has 0 aromatic heterocycles. The summed E-state index contributed by atoms with van der Waals surface area (Å²) in [6.07, 6.45) is 10.7. The van der Waals surface area contributed by atoms with E-state index in [-0.39, 0.29) is 0 Å². The molecule has 2 fully saturated rings. The molecule has 1 N–H and O–H groups in total. The topological polar surface area (TPSA) is 15.3 Å². The van der Waals surface area contributed by atoms with E-state index in [1.54, 1.807) is 0 Å². The number of piperidine rings is 1. The second kappa shape index (κ2) is 7.65. The molecule has 0 saturated carbocycles. The van der Waals surface area contributed by atoms with Crippen LogP contribution in [0, 0.1) is 5.92 Å². The van der Waals surface area contributed by atoms with Crippen LogP contribution in [-0.4, -0.2) is 49.1 Å². The highest BCUT2D eigenvalue weighted by molar-refractivity contribution is 7.98. The first-order valence-corrected chi connectivity index (χ1v) is 8.74. The van der Waals surface area contributed by atoms with Crippen LogP contribution in [0.1, 0.15) is 38.5 Å². The van der Waals surface area contributed by atoms with Gasteiger partial charge in [0.2, 0.25) is 0 Å². The second-order valence-corrected chi connectivity index (χ2v) is 6.59. The maximum atomic E-state index is 3.69. The van der Waals surface area contributed by atoms with E-state index in [1.165, 1.54) is 70.5 Å². The van der Waals surface area contributed by atoms with Gasteiger partial charge in [-0.25, -0.2) is 0 Å². The molecule has 100 valence electrons. The highest BCUT2D eigenvalue weighted by atomic mass is 32.2. The normalized spacial score (nSPS) is 30.9. The zero-order valence-electron chi connectivity index (χ0n) is 11.3. The van der Waals surface area contributed by atoms with Gasteiger partial charge in [0, 0.05) is 12.6 Å². The summed E-state index contributed by atoms with van der Waals surface area (Å²) in [5, 5.41) is 3.69. The van der Waals surface area contributed by atoms with Crippen molar-refractivity contribution in [3.05, 3.63) is 0 Å². The highest BCUT2D eigenvalue weighted by Crippen LogP contribution is 2.24. The molecule has 0 aromatic carbocycles. The van der Waals surface area contributed by atoms with Crippen LogP contribution in [0.5, 0.6) is 0 Å². The summed E-state index contributed by atoms with van der Waals surface area (Å²) in [6, 6.07) is 0.837. The molecule has 0 aliphatic carbocycles. The van der Waals surface area contributed by atoms with Crippen LogP contribution in [0.3, 0.4) is 0 Å². The average molecular weight is 256 g/mol. The SMILES string of the molecule is CSCCCCN1CCCC(C2CCCN2)C1. The minimum atomic E-state index is 0.837. The third-order valence-electron chi connectivity index (χ3n) is 4.28. The lowest BCUT2D eigenvalue weighted by atomic mass is 9.89. The molecule has 2 rings (SSSR count). The van der Waals surface area contributed by atoms with E-state index in [1.807, 2.05) is 11.8 Å². The first kappa shape index (κ1) is 13.7. The van der Waals surface area contributed by atoms with Gasteiger partial charge in [-0.15, -0.1) is 0 Å². The van der Waals surface area contributed by atoms with Crippen LogP contribution in [0.15, 0.2) is 0 Å². The van der Waals surface area contributed by atoms with Crippen molar-refractivity contribution in [1.29, 1.82) is 0 Å². The summed E-state index contributed by atoms with van der Waals surface area (Å²) in [6.45, 7) is 5.30. The van der Waals surface area contributed by atoms with Crippen molar-refractivity contribution in [3.8, 4) is 0 Å². The molecule has 0 bridgehead atoms. The Bertz CT molecular complexity index is 204. The Morgan fingerprint density at radius 1 is 1.24 bits per heavy atom. The summed E-state index contributed by atoms with van der Waals surface area (Å²) in [4.78, 5) is 2.72. The minimum absolute atomic E-state index is 0.837. The standard InChI is InChI=1S/C14H28N2S/c1-17-11-3-2-9-16-10-5-6-13(12-16)14-7-4-8-15-14/h13-15H,2-12H2,1H3. The van der Waals surface area contributed by atoms with Crippen LogP contribution < -0.4 is 5.32 Å². The highest BCUT2D eigenvalue weighted by Gasteiger charge is 2.28.